The normalized spacial score (nSPS) is 43.6. The zero-order valence-corrected chi connectivity index (χ0v) is 14.3. The highest BCUT2D eigenvalue weighted by molar-refractivity contribution is 14.1. The number of hydrogen-bond donors (Lipinski definition) is 1. The predicted octanol–water partition coefficient (Wildman–Crippen LogP) is 3.46. The van der Waals surface area contributed by atoms with Crippen molar-refractivity contribution in [1.82, 2.24) is 0 Å². The fourth-order valence-electron chi connectivity index (χ4n) is 3.83. The van der Waals surface area contributed by atoms with Gasteiger partial charge < -0.3 is 9.84 Å². The molecule has 3 unspecified atom stereocenters. The summed E-state index contributed by atoms with van der Waals surface area (Å²) in [6.45, 7) is 6.02. The second kappa shape index (κ2) is 5.51. The van der Waals surface area contributed by atoms with Crippen LogP contribution in [0.2, 0.25) is 0 Å². The van der Waals surface area contributed by atoms with E-state index in [1.807, 2.05) is 20.8 Å². The number of carbonyl (C=O) groups is 1. The lowest BCUT2D eigenvalue weighted by Crippen LogP contribution is -2.56. The van der Waals surface area contributed by atoms with Crippen LogP contribution in [0.15, 0.2) is 0 Å². The molecule has 0 radical (unpaired) electrons. The Morgan fingerprint density at radius 3 is 2.37 bits per heavy atom. The standard InChI is InChI=1S/C15H25IO3/c1-4-12(16)13(17)19-14(2)8-10-6-5-7-11(9-14)15(10,3)18/h10-12,18H,4-9H2,1-3H3. The minimum atomic E-state index is -0.571. The van der Waals surface area contributed by atoms with Crippen molar-refractivity contribution in [1.29, 1.82) is 0 Å². The van der Waals surface area contributed by atoms with Gasteiger partial charge in [-0.3, -0.25) is 4.79 Å². The van der Waals surface area contributed by atoms with E-state index in [4.69, 9.17) is 4.74 Å². The molecule has 0 amide bonds. The Labute approximate surface area is 129 Å². The van der Waals surface area contributed by atoms with Gasteiger partial charge in [-0.05, 0) is 57.8 Å². The maximum atomic E-state index is 12.0. The van der Waals surface area contributed by atoms with E-state index in [-0.39, 0.29) is 27.3 Å². The highest BCUT2D eigenvalue weighted by Gasteiger charge is 2.53. The molecule has 110 valence electrons. The van der Waals surface area contributed by atoms with Gasteiger partial charge in [-0.1, -0.05) is 35.9 Å². The van der Waals surface area contributed by atoms with Gasteiger partial charge >= 0.3 is 5.97 Å². The molecule has 19 heavy (non-hydrogen) atoms. The molecule has 1 N–H and O–H groups in total. The average molecular weight is 380 g/mol. The van der Waals surface area contributed by atoms with E-state index in [0.717, 1.165) is 32.1 Å². The molecule has 3 atom stereocenters. The summed E-state index contributed by atoms with van der Waals surface area (Å²) in [5.41, 5.74) is -0.952. The maximum Gasteiger partial charge on any atom is 0.319 e. The SMILES string of the molecule is CCC(I)C(=O)OC1(C)CC2CCCC(C1)C2(C)O. The summed E-state index contributed by atoms with van der Waals surface area (Å²) in [6.07, 6.45) is 5.71. The van der Waals surface area contributed by atoms with Gasteiger partial charge in [0, 0.05) is 0 Å². The summed E-state index contributed by atoms with van der Waals surface area (Å²) >= 11 is 2.15. The maximum absolute atomic E-state index is 12.0. The minimum absolute atomic E-state index is 0.0586. The van der Waals surface area contributed by atoms with E-state index in [2.05, 4.69) is 22.6 Å². The zero-order chi connectivity index (χ0) is 14.3. The lowest BCUT2D eigenvalue weighted by Gasteiger charge is -2.53. The van der Waals surface area contributed by atoms with E-state index in [1.165, 1.54) is 6.42 Å². The Morgan fingerprint density at radius 2 is 1.89 bits per heavy atom. The smallest absolute Gasteiger partial charge is 0.319 e. The van der Waals surface area contributed by atoms with Gasteiger partial charge in [-0.25, -0.2) is 0 Å². The summed E-state index contributed by atoms with van der Waals surface area (Å²) in [5.74, 6) is 0.449. The van der Waals surface area contributed by atoms with E-state index < -0.39 is 5.60 Å². The summed E-state index contributed by atoms with van der Waals surface area (Å²) in [4.78, 5) is 12.0. The van der Waals surface area contributed by atoms with Crippen molar-refractivity contribution in [2.24, 2.45) is 11.8 Å². The molecule has 0 aromatic carbocycles. The number of fused-ring (bicyclic) bond motifs is 2. The third-order valence-electron chi connectivity index (χ3n) is 5.08. The Morgan fingerprint density at radius 1 is 1.37 bits per heavy atom. The van der Waals surface area contributed by atoms with Gasteiger partial charge in [0.15, 0.2) is 0 Å². The second-order valence-electron chi connectivity index (χ2n) is 6.71. The molecule has 2 aliphatic rings. The Bertz CT molecular complexity index is 337. The molecule has 4 heteroatoms. The molecule has 0 spiro atoms. The van der Waals surface area contributed by atoms with Crippen molar-refractivity contribution < 1.29 is 14.6 Å². The molecule has 2 fully saturated rings. The van der Waals surface area contributed by atoms with Crippen molar-refractivity contribution in [3.63, 3.8) is 0 Å². The van der Waals surface area contributed by atoms with Gasteiger partial charge in [-0.2, -0.15) is 0 Å². The monoisotopic (exact) mass is 380 g/mol. The lowest BCUT2D eigenvalue weighted by molar-refractivity contribution is -0.191. The number of carbonyl (C=O) groups excluding carboxylic acids is 1. The molecule has 2 aliphatic carbocycles. The van der Waals surface area contributed by atoms with Crippen molar-refractivity contribution in [3.05, 3.63) is 0 Å². The van der Waals surface area contributed by atoms with E-state index >= 15 is 0 Å². The molecule has 0 aromatic rings. The molecular weight excluding hydrogens is 355 g/mol. The first kappa shape index (κ1) is 15.5. The summed E-state index contributed by atoms with van der Waals surface area (Å²) in [7, 11) is 0. The van der Waals surface area contributed by atoms with Crippen LogP contribution < -0.4 is 0 Å². The molecular formula is C15H25IO3. The molecule has 2 saturated carbocycles. The number of halogens is 1. The summed E-state index contributed by atoms with van der Waals surface area (Å²) in [5, 5.41) is 10.6. The van der Waals surface area contributed by atoms with Gasteiger partial charge in [0.1, 0.15) is 9.53 Å². The van der Waals surface area contributed by atoms with Gasteiger partial charge in [-0.15, -0.1) is 0 Å². The van der Waals surface area contributed by atoms with Crippen LogP contribution in [0.4, 0.5) is 0 Å². The Hall–Kier alpha value is 0.160. The van der Waals surface area contributed by atoms with Crippen molar-refractivity contribution >= 4 is 28.6 Å². The van der Waals surface area contributed by atoms with Crippen LogP contribution in [-0.2, 0) is 9.53 Å². The number of rotatable bonds is 3. The first-order valence-corrected chi connectivity index (χ1v) is 8.62. The highest BCUT2D eigenvalue weighted by atomic mass is 127. The average Bonchev–Trinajstić information content (AvgIpc) is 2.30. The number of aliphatic hydroxyl groups is 1. The molecule has 0 aliphatic heterocycles. The summed E-state index contributed by atoms with van der Waals surface area (Å²) < 4.78 is 5.75. The van der Waals surface area contributed by atoms with E-state index in [0.29, 0.717) is 0 Å². The molecule has 3 nitrogen and oxygen atoms in total. The quantitative estimate of drug-likeness (QED) is 0.464. The van der Waals surface area contributed by atoms with Crippen LogP contribution in [0.25, 0.3) is 0 Å². The molecule has 2 rings (SSSR count). The topological polar surface area (TPSA) is 46.5 Å². The fraction of sp³-hybridized carbons (Fsp3) is 0.933. The fourth-order valence-corrected chi connectivity index (χ4v) is 3.96. The van der Waals surface area contributed by atoms with Crippen molar-refractivity contribution in [2.75, 3.05) is 0 Å². The van der Waals surface area contributed by atoms with E-state index in [9.17, 15) is 9.90 Å². The Balaban J connectivity index is 2.08. The number of ether oxygens (including phenoxy) is 1. The zero-order valence-electron chi connectivity index (χ0n) is 12.1. The van der Waals surface area contributed by atoms with Crippen LogP contribution in [0.5, 0.6) is 0 Å². The lowest BCUT2D eigenvalue weighted by atomic mass is 9.58. The van der Waals surface area contributed by atoms with Crippen molar-refractivity contribution in [2.45, 2.75) is 74.4 Å². The Kier molecular flexibility index (Phi) is 4.51. The highest BCUT2D eigenvalue weighted by Crippen LogP contribution is 2.51. The molecule has 2 bridgehead atoms. The van der Waals surface area contributed by atoms with Crippen LogP contribution in [0, 0.1) is 11.8 Å². The van der Waals surface area contributed by atoms with Crippen LogP contribution in [0.3, 0.4) is 0 Å². The van der Waals surface area contributed by atoms with Crippen LogP contribution >= 0.6 is 22.6 Å². The molecule has 0 aromatic heterocycles. The first-order chi connectivity index (χ1) is 8.78. The van der Waals surface area contributed by atoms with Gasteiger partial charge in [0.05, 0.1) is 5.60 Å². The van der Waals surface area contributed by atoms with Crippen molar-refractivity contribution in [3.8, 4) is 0 Å². The predicted molar refractivity (Wildman–Crippen MR) is 83.3 cm³/mol. The number of esters is 1. The third kappa shape index (κ3) is 3.09. The van der Waals surface area contributed by atoms with Gasteiger partial charge in [0.2, 0.25) is 0 Å². The van der Waals surface area contributed by atoms with E-state index in [1.54, 1.807) is 0 Å². The molecule has 0 saturated heterocycles. The largest absolute Gasteiger partial charge is 0.459 e. The third-order valence-corrected chi connectivity index (χ3v) is 6.47. The van der Waals surface area contributed by atoms with Crippen LogP contribution in [-0.4, -0.2) is 26.2 Å². The van der Waals surface area contributed by atoms with Crippen LogP contribution in [0.1, 0.15) is 59.3 Å². The number of alkyl halides is 1. The minimum Gasteiger partial charge on any atom is -0.459 e. The number of hydrogen-bond acceptors (Lipinski definition) is 3. The first-order valence-electron chi connectivity index (χ1n) is 7.38. The summed E-state index contributed by atoms with van der Waals surface area (Å²) in [6, 6.07) is 0. The molecule has 0 heterocycles. The van der Waals surface area contributed by atoms with Gasteiger partial charge in [0.25, 0.3) is 0 Å². The second-order valence-corrected chi connectivity index (χ2v) is 8.21.